The Bertz CT molecular complexity index is 379. The van der Waals surface area contributed by atoms with E-state index in [0.717, 1.165) is 12.8 Å². The van der Waals surface area contributed by atoms with Crippen molar-refractivity contribution in [3.8, 4) is 0 Å². The largest absolute Gasteiger partial charge is 0.299 e. The lowest BCUT2D eigenvalue weighted by molar-refractivity contribution is -0.119. The van der Waals surface area contributed by atoms with Crippen molar-refractivity contribution in [1.29, 1.82) is 0 Å². The van der Waals surface area contributed by atoms with E-state index < -0.39 is 0 Å². The zero-order valence-electron chi connectivity index (χ0n) is 9.01. The lowest BCUT2D eigenvalue weighted by Gasteiger charge is -2.24. The molecule has 1 fully saturated rings. The van der Waals surface area contributed by atoms with Gasteiger partial charge in [0.05, 0.1) is 0 Å². The molecule has 2 rings (SSSR count). The fraction of sp³-hybridized carbons (Fsp3) is 0.462. The van der Waals surface area contributed by atoms with Gasteiger partial charge in [0.15, 0.2) is 0 Å². The van der Waals surface area contributed by atoms with E-state index in [1.807, 2.05) is 0 Å². The molecule has 1 nitrogen and oxygen atoms in total. The second-order valence-electron chi connectivity index (χ2n) is 4.42. The lowest BCUT2D eigenvalue weighted by Crippen LogP contribution is -2.17. The molecule has 0 aromatic heterocycles. The average molecular weight is 241 g/mol. The quantitative estimate of drug-likeness (QED) is 0.783. The van der Waals surface area contributed by atoms with Gasteiger partial charge in [-0.25, -0.2) is 4.39 Å². The first-order chi connectivity index (χ1) is 7.66. The molecule has 1 aliphatic rings. The van der Waals surface area contributed by atoms with Crippen molar-refractivity contribution in [3.63, 3.8) is 0 Å². The highest BCUT2D eigenvalue weighted by molar-refractivity contribution is 6.31. The van der Waals surface area contributed by atoms with Gasteiger partial charge < -0.3 is 0 Å². The van der Waals surface area contributed by atoms with Gasteiger partial charge in [-0.2, -0.15) is 0 Å². The molecule has 1 saturated carbocycles. The molecule has 0 unspecified atom stereocenters. The Labute approximate surface area is 99.6 Å². The van der Waals surface area contributed by atoms with Crippen LogP contribution in [-0.2, 0) is 11.2 Å². The first-order valence-corrected chi connectivity index (χ1v) is 5.99. The van der Waals surface area contributed by atoms with E-state index in [9.17, 15) is 9.18 Å². The van der Waals surface area contributed by atoms with Crippen molar-refractivity contribution in [1.82, 2.24) is 0 Å². The SMILES string of the molecule is O=C(Cc1c(F)cccc1Cl)CC1CCC1. The number of Topliss-reactive ketones (excluding diaryl/α,β-unsaturated/α-hetero) is 1. The molecule has 0 atom stereocenters. The van der Waals surface area contributed by atoms with Crippen molar-refractivity contribution >= 4 is 17.4 Å². The predicted molar refractivity (Wildman–Crippen MR) is 62.1 cm³/mol. The van der Waals surface area contributed by atoms with Crippen molar-refractivity contribution in [2.75, 3.05) is 0 Å². The van der Waals surface area contributed by atoms with Gasteiger partial charge in [0.25, 0.3) is 0 Å². The molecular weight excluding hydrogens is 227 g/mol. The van der Waals surface area contributed by atoms with Crippen LogP contribution >= 0.6 is 11.6 Å². The van der Waals surface area contributed by atoms with Gasteiger partial charge in [0, 0.05) is 23.4 Å². The molecule has 0 saturated heterocycles. The fourth-order valence-electron chi connectivity index (χ4n) is 1.99. The molecule has 0 N–H and O–H groups in total. The predicted octanol–water partition coefficient (Wildman–Crippen LogP) is 3.78. The van der Waals surface area contributed by atoms with E-state index in [4.69, 9.17) is 11.6 Å². The molecule has 0 bridgehead atoms. The topological polar surface area (TPSA) is 17.1 Å². The Balaban J connectivity index is 1.99. The summed E-state index contributed by atoms with van der Waals surface area (Å²) in [6.07, 6.45) is 4.19. The van der Waals surface area contributed by atoms with Crippen molar-refractivity contribution in [3.05, 3.63) is 34.6 Å². The van der Waals surface area contributed by atoms with Crippen LogP contribution in [-0.4, -0.2) is 5.78 Å². The molecule has 1 aromatic rings. The maximum Gasteiger partial charge on any atom is 0.137 e. The van der Waals surface area contributed by atoms with Crippen LogP contribution in [0.2, 0.25) is 5.02 Å². The van der Waals surface area contributed by atoms with Gasteiger partial charge in [-0.05, 0) is 18.1 Å². The minimum absolute atomic E-state index is 0.0942. The number of hydrogen-bond donors (Lipinski definition) is 0. The second kappa shape index (κ2) is 4.96. The van der Waals surface area contributed by atoms with E-state index in [1.54, 1.807) is 12.1 Å². The highest BCUT2D eigenvalue weighted by atomic mass is 35.5. The van der Waals surface area contributed by atoms with E-state index >= 15 is 0 Å². The normalized spacial score (nSPS) is 15.9. The number of halogens is 2. The molecule has 16 heavy (non-hydrogen) atoms. The number of carbonyl (C=O) groups is 1. The Hall–Kier alpha value is -0.890. The summed E-state index contributed by atoms with van der Waals surface area (Å²) >= 11 is 5.87. The highest BCUT2D eigenvalue weighted by Crippen LogP contribution is 2.30. The summed E-state index contributed by atoms with van der Waals surface area (Å²) in [5, 5.41) is 0.349. The Morgan fingerprint density at radius 1 is 1.44 bits per heavy atom. The van der Waals surface area contributed by atoms with Crippen LogP contribution in [0.4, 0.5) is 4.39 Å². The van der Waals surface area contributed by atoms with Gasteiger partial charge in [-0.3, -0.25) is 4.79 Å². The number of carbonyl (C=O) groups excluding carboxylic acids is 1. The van der Waals surface area contributed by atoms with Crippen molar-refractivity contribution in [2.45, 2.75) is 32.1 Å². The van der Waals surface area contributed by atoms with Crippen LogP contribution in [0.5, 0.6) is 0 Å². The number of benzene rings is 1. The molecule has 0 amide bonds. The lowest BCUT2D eigenvalue weighted by atomic mass is 9.81. The molecule has 0 spiro atoms. The number of ketones is 1. The Morgan fingerprint density at radius 2 is 2.19 bits per heavy atom. The molecular formula is C13H14ClFO. The van der Waals surface area contributed by atoms with Gasteiger partial charge in [-0.1, -0.05) is 36.9 Å². The van der Waals surface area contributed by atoms with Crippen LogP contribution in [0.1, 0.15) is 31.2 Å². The monoisotopic (exact) mass is 240 g/mol. The molecule has 3 heteroatoms. The number of hydrogen-bond acceptors (Lipinski definition) is 1. The van der Waals surface area contributed by atoms with Crippen molar-refractivity contribution < 1.29 is 9.18 Å². The summed E-state index contributed by atoms with van der Waals surface area (Å²) in [6.45, 7) is 0. The second-order valence-corrected chi connectivity index (χ2v) is 4.82. The standard InChI is InChI=1S/C13H14ClFO/c14-12-5-2-6-13(15)11(12)8-10(16)7-9-3-1-4-9/h2,5-6,9H,1,3-4,7-8H2. The molecule has 0 aliphatic heterocycles. The molecule has 1 aliphatic carbocycles. The number of rotatable bonds is 4. The third-order valence-corrected chi connectivity index (χ3v) is 3.53. The third-order valence-electron chi connectivity index (χ3n) is 3.18. The van der Waals surface area contributed by atoms with Crippen LogP contribution in [0.25, 0.3) is 0 Å². The summed E-state index contributed by atoms with van der Waals surface area (Å²) in [7, 11) is 0. The molecule has 0 heterocycles. The zero-order chi connectivity index (χ0) is 11.5. The smallest absolute Gasteiger partial charge is 0.137 e. The van der Waals surface area contributed by atoms with Gasteiger partial charge in [-0.15, -0.1) is 0 Å². The van der Waals surface area contributed by atoms with E-state index in [1.165, 1.54) is 12.5 Å². The zero-order valence-corrected chi connectivity index (χ0v) is 9.77. The fourth-order valence-corrected chi connectivity index (χ4v) is 2.22. The van der Waals surface area contributed by atoms with Gasteiger partial charge in [0.2, 0.25) is 0 Å². The summed E-state index contributed by atoms with van der Waals surface area (Å²) in [4.78, 5) is 11.7. The van der Waals surface area contributed by atoms with Crippen LogP contribution in [0.15, 0.2) is 18.2 Å². The average Bonchev–Trinajstić information content (AvgIpc) is 2.18. The van der Waals surface area contributed by atoms with Crippen LogP contribution < -0.4 is 0 Å². The van der Waals surface area contributed by atoms with Gasteiger partial charge >= 0.3 is 0 Å². The van der Waals surface area contributed by atoms with Crippen molar-refractivity contribution in [2.24, 2.45) is 5.92 Å². The minimum Gasteiger partial charge on any atom is -0.299 e. The Kier molecular flexibility index (Phi) is 3.59. The third kappa shape index (κ3) is 2.62. The van der Waals surface area contributed by atoms with Crippen LogP contribution in [0.3, 0.4) is 0 Å². The Morgan fingerprint density at radius 3 is 2.75 bits per heavy atom. The summed E-state index contributed by atoms with van der Waals surface area (Å²) in [5.41, 5.74) is 0.341. The van der Waals surface area contributed by atoms with E-state index in [2.05, 4.69) is 0 Å². The summed E-state index contributed by atoms with van der Waals surface area (Å²) < 4.78 is 13.4. The first-order valence-electron chi connectivity index (χ1n) is 5.61. The summed E-state index contributed by atoms with van der Waals surface area (Å²) in [5.74, 6) is 0.240. The molecule has 1 aromatic carbocycles. The summed E-state index contributed by atoms with van der Waals surface area (Å²) in [6, 6.07) is 4.52. The van der Waals surface area contributed by atoms with Gasteiger partial charge in [0.1, 0.15) is 11.6 Å². The molecule has 0 radical (unpaired) electrons. The first kappa shape index (κ1) is 11.6. The maximum atomic E-state index is 13.4. The minimum atomic E-state index is -0.380. The highest BCUT2D eigenvalue weighted by Gasteiger charge is 2.21. The molecule has 86 valence electrons. The van der Waals surface area contributed by atoms with Crippen LogP contribution in [0, 0.1) is 11.7 Å². The van der Waals surface area contributed by atoms with E-state index in [-0.39, 0.29) is 18.0 Å². The maximum absolute atomic E-state index is 13.4. The van der Waals surface area contributed by atoms with E-state index in [0.29, 0.717) is 22.9 Å².